The molecule has 0 spiro atoms. The Hall–Kier alpha value is -1.69. The molecular weight excluding hydrogens is 224 g/mol. The lowest BCUT2D eigenvalue weighted by atomic mass is 10.3. The number of H-pyrrole nitrogens is 1. The molecule has 6 heteroatoms. The zero-order valence-corrected chi connectivity index (χ0v) is 9.91. The Labute approximate surface area is 97.1 Å². The Kier molecular flexibility index (Phi) is 3.00. The van der Waals surface area contributed by atoms with E-state index in [9.17, 15) is 4.79 Å². The smallest absolute Gasteiger partial charge is 0.265 e. The highest BCUT2D eigenvalue weighted by molar-refractivity contribution is 7.11. The van der Waals surface area contributed by atoms with E-state index in [0.29, 0.717) is 11.4 Å². The number of rotatable bonds is 3. The van der Waals surface area contributed by atoms with Crippen molar-refractivity contribution in [2.45, 2.75) is 13.5 Å². The van der Waals surface area contributed by atoms with E-state index in [1.807, 2.05) is 6.92 Å². The standard InChI is InChI=1S/C10H12N4OS/c1-7-9(16-6-11-7)10(15)14(2)5-8-3-12-13-4-8/h3-4,6H,5H2,1-2H3,(H,12,13). The van der Waals surface area contributed by atoms with Crippen molar-refractivity contribution in [2.75, 3.05) is 7.05 Å². The number of aryl methyl sites for hydroxylation is 1. The molecule has 1 N–H and O–H groups in total. The first-order valence-electron chi connectivity index (χ1n) is 4.81. The minimum absolute atomic E-state index is 0.00111. The average molecular weight is 236 g/mol. The molecule has 0 saturated heterocycles. The maximum absolute atomic E-state index is 12.0. The highest BCUT2D eigenvalue weighted by Crippen LogP contribution is 2.15. The Morgan fingerprint density at radius 3 is 3.00 bits per heavy atom. The normalized spacial score (nSPS) is 10.4. The predicted octanol–water partition coefficient (Wildman–Crippen LogP) is 1.45. The van der Waals surface area contributed by atoms with Crippen LogP contribution in [0.5, 0.6) is 0 Å². The Bertz CT molecular complexity index is 477. The van der Waals surface area contributed by atoms with Crippen molar-refractivity contribution in [1.29, 1.82) is 0 Å². The summed E-state index contributed by atoms with van der Waals surface area (Å²) in [5, 5.41) is 6.56. The molecule has 1 amide bonds. The fraction of sp³-hybridized carbons (Fsp3) is 0.300. The Balaban J connectivity index is 2.08. The SMILES string of the molecule is Cc1ncsc1C(=O)N(C)Cc1cn[nH]c1. The molecular formula is C10H12N4OS. The number of nitrogens with one attached hydrogen (secondary N) is 1. The summed E-state index contributed by atoms with van der Waals surface area (Å²) in [6.45, 7) is 2.39. The lowest BCUT2D eigenvalue weighted by Crippen LogP contribution is -2.25. The Morgan fingerprint density at radius 1 is 1.62 bits per heavy atom. The zero-order valence-electron chi connectivity index (χ0n) is 9.10. The third kappa shape index (κ3) is 2.11. The van der Waals surface area contributed by atoms with Gasteiger partial charge < -0.3 is 4.90 Å². The maximum atomic E-state index is 12.0. The molecule has 0 aliphatic carbocycles. The first kappa shape index (κ1) is 10.8. The minimum Gasteiger partial charge on any atom is -0.337 e. The molecule has 0 fully saturated rings. The van der Waals surface area contributed by atoms with Gasteiger partial charge >= 0.3 is 0 Å². The minimum atomic E-state index is 0.00111. The van der Waals surface area contributed by atoms with Gasteiger partial charge in [0.05, 0.1) is 17.4 Å². The molecule has 0 radical (unpaired) electrons. The highest BCUT2D eigenvalue weighted by atomic mass is 32.1. The summed E-state index contributed by atoms with van der Waals surface area (Å²) >= 11 is 1.37. The Morgan fingerprint density at radius 2 is 2.44 bits per heavy atom. The molecule has 0 atom stereocenters. The van der Waals surface area contributed by atoms with Crippen molar-refractivity contribution in [2.24, 2.45) is 0 Å². The fourth-order valence-electron chi connectivity index (χ4n) is 1.39. The third-order valence-electron chi connectivity index (χ3n) is 2.26. The molecule has 2 aromatic rings. The molecule has 84 valence electrons. The van der Waals surface area contributed by atoms with Crippen LogP contribution in [0.4, 0.5) is 0 Å². The summed E-state index contributed by atoms with van der Waals surface area (Å²) in [4.78, 5) is 18.4. The van der Waals surface area contributed by atoms with E-state index in [1.54, 1.807) is 29.9 Å². The van der Waals surface area contributed by atoms with Gasteiger partial charge in [0.15, 0.2) is 0 Å². The van der Waals surface area contributed by atoms with Crippen LogP contribution in [0.1, 0.15) is 20.9 Å². The summed E-state index contributed by atoms with van der Waals surface area (Å²) < 4.78 is 0. The van der Waals surface area contributed by atoms with Crippen LogP contribution >= 0.6 is 11.3 Å². The predicted molar refractivity (Wildman–Crippen MR) is 61.2 cm³/mol. The number of aromatic amines is 1. The van der Waals surface area contributed by atoms with Gasteiger partial charge in [0, 0.05) is 25.4 Å². The van der Waals surface area contributed by atoms with Gasteiger partial charge in [-0.3, -0.25) is 9.89 Å². The lowest BCUT2D eigenvalue weighted by Gasteiger charge is -2.15. The number of carbonyl (C=O) groups is 1. The van der Waals surface area contributed by atoms with Crippen LogP contribution in [0.25, 0.3) is 0 Å². The van der Waals surface area contributed by atoms with Crippen LogP contribution in [0.3, 0.4) is 0 Å². The van der Waals surface area contributed by atoms with E-state index in [0.717, 1.165) is 11.3 Å². The first-order valence-corrected chi connectivity index (χ1v) is 5.69. The monoisotopic (exact) mass is 236 g/mol. The number of amides is 1. The van der Waals surface area contributed by atoms with Crippen molar-refractivity contribution in [3.8, 4) is 0 Å². The van der Waals surface area contributed by atoms with Crippen molar-refractivity contribution in [3.63, 3.8) is 0 Å². The largest absolute Gasteiger partial charge is 0.337 e. The molecule has 2 rings (SSSR count). The third-order valence-corrected chi connectivity index (χ3v) is 3.18. The summed E-state index contributed by atoms with van der Waals surface area (Å²) in [7, 11) is 1.77. The number of hydrogen-bond donors (Lipinski definition) is 1. The van der Waals surface area contributed by atoms with E-state index in [1.165, 1.54) is 11.3 Å². The first-order chi connectivity index (χ1) is 7.68. The number of aromatic nitrogens is 3. The summed E-state index contributed by atoms with van der Waals surface area (Å²) in [6.07, 6.45) is 3.49. The van der Waals surface area contributed by atoms with Crippen molar-refractivity contribution in [1.82, 2.24) is 20.1 Å². The van der Waals surface area contributed by atoms with Gasteiger partial charge in [0.1, 0.15) is 4.88 Å². The lowest BCUT2D eigenvalue weighted by molar-refractivity contribution is 0.0789. The number of nitrogens with zero attached hydrogens (tertiary/aromatic N) is 3. The molecule has 2 aromatic heterocycles. The maximum Gasteiger partial charge on any atom is 0.265 e. The molecule has 16 heavy (non-hydrogen) atoms. The highest BCUT2D eigenvalue weighted by Gasteiger charge is 2.16. The van der Waals surface area contributed by atoms with Gasteiger partial charge in [0.25, 0.3) is 5.91 Å². The van der Waals surface area contributed by atoms with Crippen LogP contribution in [0.15, 0.2) is 17.9 Å². The zero-order chi connectivity index (χ0) is 11.5. The molecule has 2 heterocycles. The number of carbonyl (C=O) groups excluding carboxylic acids is 1. The van der Waals surface area contributed by atoms with Gasteiger partial charge in [-0.2, -0.15) is 5.10 Å². The number of hydrogen-bond acceptors (Lipinski definition) is 4. The van der Waals surface area contributed by atoms with Crippen LogP contribution in [-0.2, 0) is 6.54 Å². The summed E-state index contributed by atoms with van der Waals surface area (Å²) in [5.74, 6) is 0.00111. The molecule has 0 bridgehead atoms. The number of thiazole rings is 1. The fourth-order valence-corrected chi connectivity index (χ4v) is 2.19. The topological polar surface area (TPSA) is 61.9 Å². The second-order valence-corrected chi connectivity index (χ2v) is 4.39. The van der Waals surface area contributed by atoms with Gasteiger partial charge in [0.2, 0.25) is 0 Å². The second-order valence-electron chi connectivity index (χ2n) is 3.53. The van der Waals surface area contributed by atoms with Crippen molar-refractivity contribution < 1.29 is 4.79 Å². The van der Waals surface area contributed by atoms with E-state index < -0.39 is 0 Å². The van der Waals surface area contributed by atoms with E-state index in [4.69, 9.17) is 0 Å². The van der Waals surface area contributed by atoms with E-state index >= 15 is 0 Å². The molecule has 5 nitrogen and oxygen atoms in total. The van der Waals surface area contributed by atoms with Crippen LogP contribution in [-0.4, -0.2) is 33.0 Å². The van der Waals surface area contributed by atoms with Gasteiger partial charge in [-0.15, -0.1) is 11.3 Å². The average Bonchev–Trinajstić information content (AvgIpc) is 2.88. The van der Waals surface area contributed by atoms with Crippen molar-refractivity contribution >= 4 is 17.2 Å². The summed E-state index contributed by atoms with van der Waals surface area (Å²) in [5.41, 5.74) is 3.46. The van der Waals surface area contributed by atoms with Crippen LogP contribution in [0, 0.1) is 6.92 Å². The molecule has 0 saturated carbocycles. The summed E-state index contributed by atoms with van der Waals surface area (Å²) in [6, 6.07) is 0. The van der Waals surface area contributed by atoms with Gasteiger partial charge in [-0.25, -0.2) is 4.98 Å². The molecule has 0 aliphatic rings. The molecule has 0 aromatic carbocycles. The van der Waals surface area contributed by atoms with Crippen LogP contribution in [0.2, 0.25) is 0 Å². The second kappa shape index (κ2) is 4.44. The quantitative estimate of drug-likeness (QED) is 0.877. The van der Waals surface area contributed by atoms with Gasteiger partial charge in [-0.05, 0) is 6.92 Å². The van der Waals surface area contributed by atoms with E-state index in [-0.39, 0.29) is 5.91 Å². The van der Waals surface area contributed by atoms with Crippen LogP contribution < -0.4 is 0 Å². The molecule has 0 unspecified atom stereocenters. The van der Waals surface area contributed by atoms with E-state index in [2.05, 4.69) is 15.2 Å². The van der Waals surface area contributed by atoms with Crippen molar-refractivity contribution in [3.05, 3.63) is 34.0 Å². The van der Waals surface area contributed by atoms with Gasteiger partial charge in [-0.1, -0.05) is 0 Å². The molecule has 0 aliphatic heterocycles.